The number of amides is 2. The Morgan fingerprint density at radius 2 is 1.93 bits per heavy atom. The molecule has 8 nitrogen and oxygen atoms in total. The maximum Gasteiger partial charge on any atom is 0.264 e. The molecule has 0 aliphatic carbocycles. The zero-order valence-corrected chi connectivity index (χ0v) is 18.3. The number of hydrogen-bond acceptors (Lipinski definition) is 5. The van der Waals surface area contributed by atoms with Crippen LogP contribution in [0.1, 0.15) is 38.2 Å². The van der Waals surface area contributed by atoms with E-state index in [0.717, 1.165) is 42.2 Å². The number of rotatable bonds is 6. The summed E-state index contributed by atoms with van der Waals surface area (Å²) in [4.78, 5) is 27.6. The Balaban J connectivity index is 1.82. The summed E-state index contributed by atoms with van der Waals surface area (Å²) in [7, 11) is -3.96. The van der Waals surface area contributed by atoms with Gasteiger partial charge in [0.1, 0.15) is 6.04 Å². The second kappa shape index (κ2) is 9.61. The number of aryl methyl sites for hydroxylation is 1. The summed E-state index contributed by atoms with van der Waals surface area (Å²) >= 11 is 0. The zero-order valence-electron chi connectivity index (χ0n) is 17.5. The van der Waals surface area contributed by atoms with Crippen molar-refractivity contribution in [1.82, 2.24) is 19.8 Å². The molecule has 2 aliphatic heterocycles. The van der Waals surface area contributed by atoms with Gasteiger partial charge in [-0.25, -0.2) is 8.42 Å². The topological polar surface area (TPSA) is 98.8 Å². The third-order valence-corrected chi connectivity index (χ3v) is 7.47. The van der Waals surface area contributed by atoms with Gasteiger partial charge < -0.3 is 15.5 Å². The molecule has 2 amide bonds. The fraction of sp³-hybridized carbons (Fsp3) is 0.524. The highest BCUT2D eigenvalue weighted by molar-refractivity contribution is 7.89. The van der Waals surface area contributed by atoms with Crippen molar-refractivity contribution in [3.63, 3.8) is 0 Å². The number of carbonyl (C=O) groups excluding carboxylic acids is 2. The molecule has 0 spiro atoms. The van der Waals surface area contributed by atoms with Gasteiger partial charge in [-0.1, -0.05) is 17.7 Å². The van der Waals surface area contributed by atoms with Crippen LogP contribution in [0.2, 0.25) is 0 Å². The van der Waals surface area contributed by atoms with E-state index in [2.05, 4.69) is 10.6 Å². The van der Waals surface area contributed by atoms with Crippen LogP contribution < -0.4 is 10.6 Å². The standard InChI is InChI=1S/C21H30N4O4S/c1-3-24(17-5-4-11-22-12-10-17)20(26)15-19-21(27)23-13-14-25(19)30(28,29)18-8-6-16(2)7-9-18/h6-9,13-14,17,19,22H,3-5,10-12,15H2,1-2H3,(H,23,27)/t17?,19-/m1/s1. The van der Waals surface area contributed by atoms with E-state index in [1.807, 2.05) is 13.8 Å². The van der Waals surface area contributed by atoms with Crippen LogP contribution >= 0.6 is 0 Å². The molecule has 2 heterocycles. The molecular weight excluding hydrogens is 404 g/mol. The van der Waals surface area contributed by atoms with Gasteiger partial charge in [-0.2, -0.15) is 0 Å². The van der Waals surface area contributed by atoms with Crippen molar-refractivity contribution in [3.05, 3.63) is 42.2 Å². The summed E-state index contributed by atoms with van der Waals surface area (Å²) in [5.74, 6) is -0.705. The Morgan fingerprint density at radius 3 is 2.63 bits per heavy atom. The Bertz CT molecular complexity index is 890. The highest BCUT2D eigenvalue weighted by Crippen LogP contribution is 2.24. The highest BCUT2D eigenvalue weighted by atomic mass is 32.2. The molecule has 1 saturated heterocycles. The number of hydrogen-bond donors (Lipinski definition) is 2. The van der Waals surface area contributed by atoms with Crippen molar-refractivity contribution in [2.45, 2.75) is 56.5 Å². The smallest absolute Gasteiger partial charge is 0.264 e. The van der Waals surface area contributed by atoms with Crippen molar-refractivity contribution < 1.29 is 18.0 Å². The van der Waals surface area contributed by atoms with Crippen molar-refractivity contribution >= 4 is 21.8 Å². The lowest BCUT2D eigenvalue weighted by atomic mass is 10.1. The monoisotopic (exact) mass is 434 g/mol. The summed E-state index contributed by atoms with van der Waals surface area (Å²) in [6.45, 7) is 6.08. The van der Waals surface area contributed by atoms with E-state index in [9.17, 15) is 18.0 Å². The summed E-state index contributed by atoms with van der Waals surface area (Å²) < 4.78 is 27.4. The second-order valence-corrected chi connectivity index (χ2v) is 9.55. The molecule has 164 valence electrons. The van der Waals surface area contributed by atoms with Gasteiger partial charge in [-0.15, -0.1) is 0 Å². The number of sulfonamides is 1. The lowest BCUT2D eigenvalue weighted by Crippen LogP contribution is -2.52. The van der Waals surface area contributed by atoms with Crippen LogP contribution in [-0.2, 0) is 19.6 Å². The van der Waals surface area contributed by atoms with Gasteiger partial charge in [0.25, 0.3) is 10.0 Å². The van der Waals surface area contributed by atoms with E-state index < -0.39 is 22.0 Å². The predicted molar refractivity (Wildman–Crippen MR) is 114 cm³/mol. The quantitative estimate of drug-likeness (QED) is 0.704. The molecule has 3 rings (SSSR count). The fourth-order valence-electron chi connectivity index (χ4n) is 4.00. The molecule has 30 heavy (non-hydrogen) atoms. The highest BCUT2D eigenvalue weighted by Gasteiger charge is 2.38. The molecule has 2 N–H and O–H groups in total. The molecule has 1 unspecified atom stereocenters. The summed E-state index contributed by atoms with van der Waals surface area (Å²) in [5, 5.41) is 5.87. The molecule has 1 aromatic rings. The van der Waals surface area contributed by atoms with Crippen LogP contribution in [-0.4, -0.2) is 61.2 Å². The minimum absolute atomic E-state index is 0.0899. The average Bonchev–Trinajstić information content (AvgIpc) is 3.00. The first-order valence-electron chi connectivity index (χ1n) is 10.4. The number of carbonyl (C=O) groups is 2. The molecule has 2 atom stereocenters. The Morgan fingerprint density at radius 1 is 1.20 bits per heavy atom. The van der Waals surface area contributed by atoms with Crippen LogP contribution in [0.5, 0.6) is 0 Å². The van der Waals surface area contributed by atoms with E-state index in [0.29, 0.717) is 6.54 Å². The third-order valence-electron chi connectivity index (χ3n) is 5.67. The predicted octanol–water partition coefficient (Wildman–Crippen LogP) is 1.34. The van der Waals surface area contributed by atoms with Crippen LogP contribution in [0.4, 0.5) is 0 Å². The molecule has 2 aliphatic rings. The van der Waals surface area contributed by atoms with Gasteiger partial charge in [0.2, 0.25) is 11.8 Å². The van der Waals surface area contributed by atoms with Gasteiger partial charge in [-0.05, 0) is 58.3 Å². The molecule has 0 bridgehead atoms. The SMILES string of the molecule is CCN(C(=O)C[C@@H]1C(=O)NC=CN1S(=O)(=O)c1ccc(C)cc1)C1CCCNCC1. The molecular formula is C21H30N4O4S. The van der Waals surface area contributed by atoms with Crippen LogP contribution in [0.15, 0.2) is 41.6 Å². The maximum atomic E-state index is 13.2. The van der Waals surface area contributed by atoms with E-state index in [-0.39, 0.29) is 23.3 Å². The second-order valence-electron chi connectivity index (χ2n) is 7.71. The molecule has 9 heteroatoms. The van der Waals surface area contributed by atoms with Crippen molar-refractivity contribution in [3.8, 4) is 0 Å². The van der Waals surface area contributed by atoms with Gasteiger partial charge in [0, 0.05) is 25.0 Å². The van der Waals surface area contributed by atoms with Crippen LogP contribution in [0.3, 0.4) is 0 Å². The molecule has 0 radical (unpaired) electrons. The fourth-order valence-corrected chi connectivity index (χ4v) is 5.45. The van der Waals surface area contributed by atoms with E-state index in [4.69, 9.17) is 0 Å². The van der Waals surface area contributed by atoms with Gasteiger partial charge in [0.15, 0.2) is 0 Å². The third kappa shape index (κ3) is 4.84. The van der Waals surface area contributed by atoms with E-state index >= 15 is 0 Å². The first kappa shape index (κ1) is 22.3. The minimum Gasteiger partial charge on any atom is -0.340 e. The Hall–Kier alpha value is -2.39. The van der Waals surface area contributed by atoms with E-state index in [1.165, 1.54) is 24.5 Å². The van der Waals surface area contributed by atoms with Crippen molar-refractivity contribution in [2.75, 3.05) is 19.6 Å². The van der Waals surface area contributed by atoms with Crippen molar-refractivity contribution in [2.24, 2.45) is 0 Å². The van der Waals surface area contributed by atoms with Gasteiger partial charge >= 0.3 is 0 Å². The van der Waals surface area contributed by atoms with E-state index in [1.54, 1.807) is 17.0 Å². The summed E-state index contributed by atoms with van der Waals surface area (Å²) in [5.41, 5.74) is 0.934. The lowest BCUT2D eigenvalue weighted by molar-refractivity contribution is -0.137. The first-order valence-corrected chi connectivity index (χ1v) is 11.9. The first-order chi connectivity index (χ1) is 14.3. The summed E-state index contributed by atoms with van der Waals surface area (Å²) in [6, 6.07) is 5.43. The van der Waals surface area contributed by atoms with Gasteiger partial charge in [-0.3, -0.25) is 13.9 Å². The molecule has 1 aromatic carbocycles. The maximum absolute atomic E-state index is 13.2. The van der Waals surface area contributed by atoms with Crippen molar-refractivity contribution in [1.29, 1.82) is 0 Å². The largest absolute Gasteiger partial charge is 0.340 e. The molecule has 0 saturated carbocycles. The Labute approximate surface area is 178 Å². The summed E-state index contributed by atoms with van der Waals surface area (Å²) in [6.07, 6.45) is 5.15. The molecule has 0 aromatic heterocycles. The zero-order chi connectivity index (χ0) is 21.7. The number of benzene rings is 1. The average molecular weight is 435 g/mol. The van der Waals surface area contributed by atoms with Crippen LogP contribution in [0, 0.1) is 6.92 Å². The number of nitrogens with one attached hydrogen (secondary N) is 2. The lowest BCUT2D eigenvalue weighted by Gasteiger charge is -2.35. The van der Waals surface area contributed by atoms with Gasteiger partial charge in [0.05, 0.1) is 11.3 Å². The Kier molecular flexibility index (Phi) is 7.14. The normalized spacial score (nSPS) is 22.3. The minimum atomic E-state index is -3.96. The molecule has 1 fully saturated rings. The number of nitrogens with zero attached hydrogens (tertiary/aromatic N) is 2. The van der Waals surface area contributed by atoms with Crippen LogP contribution in [0.25, 0.3) is 0 Å².